The van der Waals surface area contributed by atoms with Crippen molar-refractivity contribution in [2.75, 3.05) is 25.6 Å². The molecular weight excluding hydrogens is 252 g/mol. The van der Waals surface area contributed by atoms with Crippen LogP contribution in [0.3, 0.4) is 0 Å². The Hall–Kier alpha value is 0.670. The van der Waals surface area contributed by atoms with Crippen LogP contribution in [-0.2, 0) is 0 Å². The van der Waals surface area contributed by atoms with Gasteiger partial charge in [0.05, 0.1) is 29.4 Å². The van der Waals surface area contributed by atoms with Crippen LogP contribution in [0.5, 0.6) is 0 Å². The van der Waals surface area contributed by atoms with E-state index in [-0.39, 0.29) is 29.3 Å². The third-order valence-corrected chi connectivity index (χ3v) is 4.79. The Bertz CT molecular complexity index is 195. The lowest BCUT2D eigenvalue weighted by atomic mass is 9.88. The van der Waals surface area contributed by atoms with Crippen LogP contribution in [0.2, 0.25) is 0 Å². The van der Waals surface area contributed by atoms with Gasteiger partial charge in [-0.05, 0) is 12.2 Å². The summed E-state index contributed by atoms with van der Waals surface area (Å²) in [4.78, 5) is 0. The van der Waals surface area contributed by atoms with Gasteiger partial charge in [0.2, 0.25) is 0 Å². The molecule has 0 aromatic carbocycles. The number of aliphatic hydroxyl groups is 3. The van der Waals surface area contributed by atoms with Gasteiger partial charge in [0.15, 0.2) is 0 Å². The highest BCUT2D eigenvalue weighted by Crippen LogP contribution is 2.34. The van der Waals surface area contributed by atoms with Gasteiger partial charge < -0.3 is 15.3 Å². The number of thiocarbonyl (C=S) groups is 1. The monoisotopic (exact) mass is 270 g/mol. The molecule has 0 aliphatic carbocycles. The van der Waals surface area contributed by atoms with E-state index in [2.05, 4.69) is 12.6 Å². The first-order valence-electron chi connectivity index (χ1n) is 4.76. The average molecular weight is 270 g/mol. The van der Waals surface area contributed by atoms with Crippen LogP contribution in [0.25, 0.3) is 0 Å². The fraction of sp³-hybridized carbons (Fsp3) is 0.889. The maximum absolute atomic E-state index is 9.33. The summed E-state index contributed by atoms with van der Waals surface area (Å²) in [6.45, 7) is 1.30. The number of thioether (sulfide) groups is 1. The molecule has 0 aromatic rings. The highest BCUT2D eigenvalue weighted by atomic mass is 32.2. The molecule has 1 unspecified atom stereocenters. The molecular formula is C9H18O3S3. The Balaban J connectivity index is 4.75. The normalized spacial score (nSPS) is 13.9. The summed E-state index contributed by atoms with van der Waals surface area (Å²) in [5.74, 6) is 0.851. The maximum atomic E-state index is 9.33. The van der Waals surface area contributed by atoms with Crippen molar-refractivity contribution in [1.82, 2.24) is 0 Å². The summed E-state index contributed by atoms with van der Waals surface area (Å²) in [5.41, 5.74) is -0.979. The first-order valence-corrected chi connectivity index (χ1v) is 6.67. The van der Waals surface area contributed by atoms with Crippen molar-refractivity contribution in [3.63, 3.8) is 0 Å². The topological polar surface area (TPSA) is 60.7 Å². The minimum atomic E-state index is -0.979. The first-order chi connectivity index (χ1) is 7.08. The molecule has 0 aliphatic heterocycles. The summed E-state index contributed by atoms with van der Waals surface area (Å²) in [6.07, 6.45) is 0.966. The van der Waals surface area contributed by atoms with Crippen LogP contribution in [0.1, 0.15) is 13.3 Å². The van der Waals surface area contributed by atoms with Gasteiger partial charge in [0, 0.05) is 5.25 Å². The molecule has 0 fully saturated rings. The lowest BCUT2D eigenvalue weighted by Crippen LogP contribution is -2.46. The van der Waals surface area contributed by atoms with Crippen LogP contribution in [0, 0.1) is 5.41 Å². The Morgan fingerprint density at radius 3 is 2.20 bits per heavy atom. The minimum Gasteiger partial charge on any atom is -0.395 e. The molecule has 0 bridgehead atoms. The zero-order valence-corrected chi connectivity index (χ0v) is 11.2. The summed E-state index contributed by atoms with van der Waals surface area (Å²) < 4.78 is 0.246. The lowest BCUT2D eigenvalue weighted by molar-refractivity contribution is 0.0935. The van der Waals surface area contributed by atoms with Gasteiger partial charge in [0.25, 0.3) is 0 Å². The molecule has 6 heteroatoms. The van der Waals surface area contributed by atoms with E-state index in [1.165, 1.54) is 11.8 Å². The van der Waals surface area contributed by atoms with Crippen molar-refractivity contribution >= 4 is 40.8 Å². The molecule has 3 N–H and O–H groups in total. The van der Waals surface area contributed by atoms with E-state index >= 15 is 0 Å². The fourth-order valence-electron chi connectivity index (χ4n) is 1.17. The zero-order chi connectivity index (χ0) is 11.9. The van der Waals surface area contributed by atoms with Crippen LogP contribution >= 0.6 is 36.6 Å². The fourth-order valence-corrected chi connectivity index (χ4v) is 3.12. The molecule has 15 heavy (non-hydrogen) atoms. The molecule has 0 amide bonds. The number of thiol groups is 1. The summed E-state index contributed by atoms with van der Waals surface area (Å²) >= 11 is 10.5. The van der Waals surface area contributed by atoms with Crippen molar-refractivity contribution in [3.05, 3.63) is 0 Å². The number of rotatable bonds is 8. The van der Waals surface area contributed by atoms with E-state index in [9.17, 15) is 15.3 Å². The summed E-state index contributed by atoms with van der Waals surface area (Å²) in [6, 6.07) is 0. The molecule has 3 nitrogen and oxygen atoms in total. The highest BCUT2D eigenvalue weighted by Gasteiger charge is 2.40. The molecule has 0 rings (SSSR count). The van der Waals surface area contributed by atoms with Gasteiger partial charge in [-0.3, -0.25) is 0 Å². The van der Waals surface area contributed by atoms with Crippen molar-refractivity contribution in [3.8, 4) is 0 Å². The largest absolute Gasteiger partial charge is 0.395 e. The predicted octanol–water partition coefficient (Wildman–Crippen LogP) is 0.719. The number of aliphatic hydroxyl groups excluding tert-OH is 3. The van der Waals surface area contributed by atoms with Crippen molar-refractivity contribution in [2.24, 2.45) is 5.41 Å². The third-order valence-electron chi connectivity index (χ3n) is 2.30. The lowest BCUT2D eigenvalue weighted by Gasteiger charge is -2.35. The van der Waals surface area contributed by atoms with Gasteiger partial charge in [0.1, 0.15) is 0 Å². The molecule has 0 saturated carbocycles. The Labute approximate surface area is 106 Å². The van der Waals surface area contributed by atoms with Crippen LogP contribution in [-0.4, -0.2) is 50.3 Å². The van der Waals surface area contributed by atoms with Gasteiger partial charge in [-0.25, -0.2) is 0 Å². The summed E-state index contributed by atoms with van der Waals surface area (Å²) in [5, 5.41) is 27.6. The first kappa shape index (κ1) is 15.7. The number of hydrogen-bond acceptors (Lipinski definition) is 5. The average Bonchev–Trinajstić information content (AvgIpc) is 2.24. The van der Waals surface area contributed by atoms with Crippen molar-refractivity contribution < 1.29 is 15.3 Å². The van der Waals surface area contributed by atoms with Crippen LogP contribution < -0.4 is 0 Å². The second-order valence-electron chi connectivity index (χ2n) is 3.32. The molecule has 0 aliphatic rings. The molecule has 0 spiro atoms. The van der Waals surface area contributed by atoms with Crippen molar-refractivity contribution in [2.45, 2.75) is 18.6 Å². The van der Waals surface area contributed by atoms with E-state index in [0.29, 0.717) is 0 Å². The second kappa shape index (κ2) is 7.86. The quantitative estimate of drug-likeness (QED) is 0.387. The number of hydrogen-bond donors (Lipinski definition) is 4. The van der Waals surface area contributed by atoms with Gasteiger partial charge in [-0.2, -0.15) is 11.8 Å². The van der Waals surface area contributed by atoms with Crippen molar-refractivity contribution in [1.29, 1.82) is 0 Å². The van der Waals surface area contributed by atoms with Crippen LogP contribution in [0.15, 0.2) is 0 Å². The van der Waals surface area contributed by atoms with E-state index in [4.69, 9.17) is 12.2 Å². The van der Waals surface area contributed by atoms with E-state index in [0.717, 1.165) is 12.2 Å². The van der Waals surface area contributed by atoms with Gasteiger partial charge >= 0.3 is 0 Å². The van der Waals surface area contributed by atoms with Gasteiger partial charge in [-0.1, -0.05) is 19.1 Å². The maximum Gasteiger partial charge on any atom is 0.0715 e. The third kappa shape index (κ3) is 3.87. The SMILES string of the molecule is CCCSC(CO)C(CO)(CO)C(=S)S. The smallest absolute Gasteiger partial charge is 0.0715 e. The minimum absolute atomic E-state index is 0.132. The molecule has 0 saturated heterocycles. The van der Waals surface area contributed by atoms with E-state index < -0.39 is 5.41 Å². The molecule has 0 aromatic heterocycles. The van der Waals surface area contributed by atoms with E-state index in [1.807, 2.05) is 6.92 Å². The molecule has 1 atom stereocenters. The highest BCUT2D eigenvalue weighted by molar-refractivity contribution is 8.11. The Kier molecular flexibility index (Phi) is 8.22. The zero-order valence-electron chi connectivity index (χ0n) is 8.72. The molecule has 0 heterocycles. The van der Waals surface area contributed by atoms with Gasteiger partial charge in [-0.15, -0.1) is 12.6 Å². The predicted molar refractivity (Wildman–Crippen MR) is 71.8 cm³/mol. The molecule has 0 radical (unpaired) electrons. The standard InChI is InChI=1S/C9H18O3S3/c1-2-3-15-7(4-10)9(5-11,6-12)8(13)14/h7,10-12H,2-6H2,1H3,(H,13,14). The van der Waals surface area contributed by atoms with E-state index in [1.54, 1.807) is 0 Å². The Morgan fingerprint density at radius 1 is 1.40 bits per heavy atom. The molecule has 90 valence electrons. The second-order valence-corrected chi connectivity index (χ2v) is 5.79. The summed E-state index contributed by atoms with van der Waals surface area (Å²) in [7, 11) is 0. The van der Waals surface area contributed by atoms with Crippen LogP contribution in [0.4, 0.5) is 0 Å². The Morgan fingerprint density at radius 2 is 1.93 bits per heavy atom.